The van der Waals surface area contributed by atoms with Crippen LogP contribution in [0, 0.1) is 11.3 Å². The third-order valence-corrected chi connectivity index (χ3v) is 5.06. The van der Waals surface area contributed by atoms with E-state index < -0.39 is 9.04 Å². The summed E-state index contributed by atoms with van der Waals surface area (Å²) >= 11 is 0. The van der Waals surface area contributed by atoms with Crippen LogP contribution in [0.1, 0.15) is 47.5 Å². The van der Waals surface area contributed by atoms with Gasteiger partial charge in [0.15, 0.2) is 9.04 Å². The van der Waals surface area contributed by atoms with Crippen molar-refractivity contribution in [3.63, 3.8) is 0 Å². The van der Waals surface area contributed by atoms with Gasteiger partial charge in [-0.2, -0.15) is 0 Å². The zero-order chi connectivity index (χ0) is 13.3. The van der Waals surface area contributed by atoms with Crippen LogP contribution in [-0.4, -0.2) is 32.8 Å². The maximum atomic E-state index is 6.41. The average molecular weight is 257 g/mol. The number of rotatable bonds is 5. The lowest BCUT2D eigenvalue weighted by Crippen LogP contribution is -2.62. The van der Waals surface area contributed by atoms with Gasteiger partial charge in [-0.1, -0.05) is 34.6 Å². The summed E-state index contributed by atoms with van der Waals surface area (Å²) in [6.07, 6.45) is 2.45. The summed E-state index contributed by atoms with van der Waals surface area (Å²) in [6, 6.07) is 0. The smallest absolute Gasteiger partial charge is 0.173 e. The fraction of sp³-hybridized carbons (Fsp3) is 1.00. The van der Waals surface area contributed by atoms with E-state index in [-0.39, 0.29) is 5.72 Å². The fourth-order valence-corrected chi connectivity index (χ4v) is 4.21. The molecule has 0 amide bonds. The maximum Gasteiger partial charge on any atom is 0.173 e. The summed E-state index contributed by atoms with van der Waals surface area (Å²) in [7, 11) is -0.969. The Morgan fingerprint density at radius 2 is 1.65 bits per heavy atom. The SMILES string of the molecule is CCN(CC)C1(O[SiH](C)C)CC(C(C)(C)C)C1. The Hall–Kier alpha value is 0.137. The molecule has 102 valence electrons. The lowest BCUT2D eigenvalue weighted by molar-refractivity contribution is -0.187. The highest BCUT2D eigenvalue weighted by Crippen LogP contribution is 2.51. The van der Waals surface area contributed by atoms with Crippen molar-refractivity contribution in [2.24, 2.45) is 11.3 Å². The number of hydrogen-bond donors (Lipinski definition) is 0. The topological polar surface area (TPSA) is 12.5 Å². The van der Waals surface area contributed by atoms with Crippen molar-refractivity contribution in [1.29, 1.82) is 0 Å². The molecule has 0 aromatic rings. The van der Waals surface area contributed by atoms with Gasteiger partial charge in [-0.25, -0.2) is 0 Å². The summed E-state index contributed by atoms with van der Waals surface area (Å²) in [5, 5.41) is 0. The van der Waals surface area contributed by atoms with E-state index in [1.54, 1.807) is 0 Å². The lowest BCUT2D eigenvalue weighted by atomic mass is 9.63. The molecule has 0 radical (unpaired) electrons. The van der Waals surface area contributed by atoms with Crippen LogP contribution in [0.15, 0.2) is 0 Å². The maximum absolute atomic E-state index is 6.41. The van der Waals surface area contributed by atoms with Crippen LogP contribution in [0.3, 0.4) is 0 Å². The molecule has 1 fully saturated rings. The molecule has 3 heteroatoms. The molecule has 0 unspecified atom stereocenters. The van der Waals surface area contributed by atoms with Gasteiger partial charge in [0.05, 0.1) is 0 Å². The van der Waals surface area contributed by atoms with Crippen molar-refractivity contribution >= 4 is 9.04 Å². The molecular weight excluding hydrogens is 226 g/mol. The normalized spacial score (nSPS) is 29.8. The minimum Gasteiger partial charge on any atom is -0.403 e. The van der Waals surface area contributed by atoms with Crippen LogP contribution in [0.4, 0.5) is 0 Å². The Kier molecular flexibility index (Phi) is 4.84. The van der Waals surface area contributed by atoms with Crippen molar-refractivity contribution < 1.29 is 4.43 Å². The monoisotopic (exact) mass is 257 g/mol. The second-order valence-electron chi connectivity index (χ2n) is 6.76. The highest BCUT2D eigenvalue weighted by atomic mass is 28.3. The molecule has 0 bridgehead atoms. The van der Waals surface area contributed by atoms with Crippen molar-refractivity contribution in [3.8, 4) is 0 Å². The molecule has 0 saturated heterocycles. The molecule has 0 aromatic heterocycles. The second kappa shape index (κ2) is 5.41. The first-order chi connectivity index (χ1) is 7.75. The molecule has 1 aliphatic rings. The fourth-order valence-electron chi connectivity index (χ4n) is 2.99. The predicted octanol–water partition coefficient (Wildman–Crippen LogP) is 3.48. The first kappa shape index (κ1) is 15.2. The van der Waals surface area contributed by atoms with Crippen LogP contribution >= 0.6 is 0 Å². The first-order valence-electron chi connectivity index (χ1n) is 7.18. The Morgan fingerprint density at radius 1 is 1.18 bits per heavy atom. The Balaban J connectivity index is 2.73. The largest absolute Gasteiger partial charge is 0.403 e. The molecule has 1 rings (SSSR count). The van der Waals surface area contributed by atoms with Crippen molar-refractivity contribution in [2.75, 3.05) is 13.1 Å². The van der Waals surface area contributed by atoms with E-state index in [2.05, 4.69) is 52.6 Å². The van der Waals surface area contributed by atoms with E-state index in [0.29, 0.717) is 5.41 Å². The number of nitrogens with zero attached hydrogens (tertiary/aromatic N) is 1. The van der Waals surface area contributed by atoms with Gasteiger partial charge in [0.1, 0.15) is 5.72 Å². The van der Waals surface area contributed by atoms with E-state index in [1.807, 2.05) is 0 Å². The van der Waals surface area contributed by atoms with Gasteiger partial charge in [0.2, 0.25) is 0 Å². The van der Waals surface area contributed by atoms with Crippen molar-refractivity contribution in [2.45, 2.75) is 66.3 Å². The van der Waals surface area contributed by atoms with Crippen LogP contribution in [0.5, 0.6) is 0 Å². The third kappa shape index (κ3) is 3.33. The van der Waals surface area contributed by atoms with Crippen LogP contribution in [-0.2, 0) is 4.43 Å². The summed E-state index contributed by atoms with van der Waals surface area (Å²) in [4.78, 5) is 2.53. The van der Waals surface area contributed by atoms with Gasteiger partial charge in [-0.3, -0.25) is 4.90 Å². The molecule has 2 nitrogen and oxygen atoms in total. The highest BCUT2D eigenvalue weighted by molar-refractivity contribution is 6.48. The Labute approximate surface area is 109 Å². The minimum atomic E-state index is -0.969. The van der Waals surface area contributed by atoms with Gasteiger partial charge in [-0.05, 0) is 50.4 Å². The molecule has 0 aromatic carbocycles. The van der Waals surface area contributed by atoms with Crippen LogP contribution in [0.2, 0.25) is 13.1 Å². The van der Waals surface area contributed by atoms with Crippen LogP contribution in [0.25, 0.3) is 0 Å². The molecule has 0 aliphatic heterocycles. The summed E-state index contributed by atoms with van der Waals surface area (Å²) in [5.74, 6) is 0.816. The summed E-state index contributed by atoms with van der Waals surface area (Å²) < 4.78 is 6.41. The van der Waals surface area contributed by atoms with Gasteiger partial charge in [0.25, 0.3) is 0 Å². The molecule has 17 heavy (non-hydrogen) atoms. The zero-order valence-electron chi connectivity index (χ0n) is 12.8. The van der Waals surface area contributed by atoms with E-state index >= 15 is 0 Å². The van der Waals surface area contributed by atoms with Crippen molar-refractivity contribution in [1.82, 2.24) is 4.90 Å². The van der Waals surface area contributed by atoms with E-state index in [9.17, 15) is 0 Å². The Morgan fingerprint density at radius 3 is 1.94 bits per heavy atom. The van der Waals surface area contributed by atoms with Gasteiger partial charge < -0.3 is 4.43 Å². The lowest BCUT2D eigenvalue weighted by Gasteiger charge is -2.58. The van der Waals surface area contributed by atoms with Crippen LogP contribution < -0.4 is 0 Å². The van der Waals surface area contributed by atoms with Crippen molar-refractivity contribution in [3.05, 3.63) is 0 Å². The standard InChI is InChI=1S/C14H31NOSi/c1-8-15(9-2)14(16-17(6)7)10-12(11-14)13(3,4)5/h12,17H,8-11H2,1-7H3. The molecule has 0 heterocycles. The number of hydrogen-bond acceptors (Lipinski definition) is 2. The first-order valence-corrected chi connectivity index (χ1v) is 9.96. The third-order valence-electron chi connectivity index (χ3n) is 4.15. The molecule has 1 saturated carbocycles. The Bertz CT molecular complexity index is 237. The van der Waals surface area contributed by atoms with E-state index in [0.717, 1.165) is 19.0 Å². The molecule has 0 spiro atoms. The highest BCUT2D eigenvalue weighted by Gasteiger charge is 2.52. The van der Waals surface area contributed by atoms with Gasteiger partial charge in [-0.15, -0.1) is 0 Å². The zero-order valence-corrected chi connectivity index (χ0v) is 14.0. The van der Waals surface area contributed by atoms with Gasteiger partial charge >= 0.3 is 0 Å². The summed E-state index contributed by atoms with van der Waals surface area (Å²) in [5.41, 5.74) is 0.514. The average Bonchev–Trinajstić information content (AvgIpc) is 2.11. The van der Waals surface area contributed by atoms with E-state index in [1.165, 1.54) is 12.8 Å². The van der Waals surface area contributed by atoms with E-state index in [4.69, 9.17) is 4.43 Å². The molecule has 0 atom stereocenters. The quantitative estimate of drug-likeness (QED) is 0.552. The second-order valence-corrected chi connectivity index (χ2v) is 9.09. The molecule has 1 aliphatic carbocycles. The molecule has 0 N–H and O–H groups in total. The predicted molar refractivity (Wildman–Crippen MR) is 77.8 cm³/mol. The summed E-state index contributed by atoms with van der Waals surface area (Å²) in [6.45, 7) is 18.4. The van der Waals surface area contributed by atoms with Gasteiger partial charge in [0, 0.05) is 0 Å². The minimum absolute atomic E-state index is 0.0852. The molecular formula is C14H31NOSi.